The molecule has 0 saturated carbocycles. The monoisotopic (exact) mass is 337 g/mol. The molecule has 2 atom stereocenters. The maximum absolute atomic E-state index is 14.2. The minimum atomic E-state index is -0.165. The van der Waals surface area contributed by atoms with Crippen molar-refractivity contribution in [3.8, 4) is 0 Å². The van der Waals surface area contributed by atoms with E-state index in [1.54, 1.807) is 6.07 Å². The van der Waals surface area contributed by atoms with Crippen LogP contribution in [0.5, 0.6) is 0 Å². The predicted octanol–water partition coefficient (Wildman–Crippen LogP) is 4.00. The van der Waals surface area contributed by atoms with Crippen molar-refractivity contribution in [3.63, 3.8) is 0 Å². The van der Waals surface area contributed by atoms with Crippen molar-refractivity contribution < 1.29 is 4.39 Å². The highest BCUT2D eigenvalue weighted by atomic mass is 79.9. The van der Waals surface area contributed by atoms with Gasteiger partial charge in [0.05, 0.1) is 16.2 Å². The molecule has 0 aliphatic carbocycles. The van der Waals surface area contributed by atoms with E-state index in [0.717, 1.165) is 29.0 Å². The number of nitrogens with zero attached hydrogens (tertiary/aromatic N) is 2. The van der Waals surface area contributed by atoms with Gasteiger partial charge in [-0.25, -0.2) is 9.07 Å². The number of hydrogen-bond acceptors (Lipinski definition) is 2. The Bertz CT molecular complexity index is 638. The van der Waals surface area contributed by atoms with Gasteiger partial charge in [-0.2, -0.15) is 5.10 Å². The summed E-state index contributed by atoms with van der Waals surface area (Å²) in [6, 6.07) is 6.91. The topological polar surface area (TPSA) is 29.9 Å². The Labute approximate surface area is 126 Å². The first-order valence-electron chi connectivity index (χ1n) is 6.88. The van der Waals surface area contributed by atoms with Crippen LogP contribution >= 0.6 is 15.9 Å². The second kappa shape index (κ2) is 5.20. The molecule has 3 nitrogen and oxygen atoms in total. The molecule has 1 aliphatic rings. The van der Waals surface area contributed by atoms with Crippen molar-refractivity contribution in [3.05, 3.63) is 45.8 Å². The average molecular weight is 338 g/mol. The van der Waals surface area contributed by atoms with Gasteiger partial charge in [-0.3, -0.25) is 0 Å². The molecule has 20 heavy (non-hydrogen) atoms. The standard InChI is InChI=1S/C15H17BrFN3/c1-3-12-13(16)15-18-8-9(2)14(20(15)19-12)10-6-4-5-7-11(10)17/h4-7,9,14,18H,3,8H2,1-2H3. The fourth-order valence-corrected chi connectivity index (χ4v) is 3.49. The van der Waals surface area contributed by atoms with Gasteiger partial charge in [-0.1, -0.05) is 32.0 Å². The third kappa shape index (κ3) is 2.04. The Hall–Kier alpha value is -1.36. The second-order valence-electron chi connectivity index (χ2n) is 5.23. The van der Waals surface area contributed by atoms with E-state index < -0.39 is 0 Å². The largest absolute Gasteiger partial charge is 0.369 e. The van der Waals surface area contributed by atoms with Gasteiger partial charge in [0.1, 0.15) is 11.6 Å². The maximum atomic E-state index is 14.2. The highest BCUT2D eigenvalue weighted by Gasteiger charge is 2.32. The molecule has 0 saturated heterocycles. The number of benzene rings is 1. The number of aryl methyl sites for hydroxylation is 1. The molecule has 0 radical (unpaired) electrons. The molecule has 2 unspecified atom stereocenters. The first kappa shape index (κ1) is 13.6. The Balaban J connectivity index is 2.15. The van der Waals surface area contributed by atoms with Crippen molar-refractivity contribution in [2.45, 2.75) is 26.3 Å². The lowest BCUT2D eigenvalue weighted by atomic mass is 9.92. The molecular formula is C15H17BrFN3. The van der Waals surface area contributed by atoms with Crippen LogP contribution in [0.15, 0.2) is 28.7 Å². The number of fused-ring (bicyclic) bond motifs is 1. The van der Waals surface area contributed by atoms with E-state index in [-0.39, 0.29) is 17.8 Å². The molecule has 1 aromatic heterocycles. The number of anilines is 1. The number of nitrogens with one attached hydrogen (secondary N) is 1. The van der Waals surface area contributed by atoms with E-state index in [1.165, 1.54) is 6.07 Å². The normalized spacial score (nSPS) is 21.4. The molecule has 106 valence electrons. The summed E-state index contributed by atoms with van der Waals surface area (Å²) in [4.78, 5) is 0. The molecule has 0 spiro atoms. The van der Waals surface area contributed by atoms with Crippen LogP contribution in [0.25, 0.3) is 0 Å². The summed E-state index contributed by atoms with van der Waals surface area (Å²) in [5, 5.41) is 8.04. The summed E-state index contributed by atoms with van der Waals surface area (Å²) in [6.45, 7) is 5.00. The summed E-state index contributed by atoms with van der Waals surface area (Å²) in [7, 11) is 0. The molecule has 2 heterocycles. The maximum Gasteiger partial charge on any atom is 0.139 e. The molecule has 0 bridgehead atoms. The second-order valence-corrected chi connectivity index (χ2v) is 6.02. The van der Waals surface area contributed by atoms with Crippen LogP contribution in [-0.4, -0.2) is 16.3 Å². The Morgan fingerprint density at radius 3 is 2.90 bits per heavy atom. The quantitative estimate of drug-likeness (QED) is 0.897. The van der Waals surface area contributed by atoms with E-state index in [2.05, 4.69) is 40.2 Å². The summed E-state index contributed by atoms with van der Waals surface area (Å²) >= 11 is 3.60. The SMILES string of the molecule is CCc1nn2c(c1Br)NCC(C)C2c1ccccc1F. The minimum absolute atomic E-state index is 0.0657. The minimum Gasteiger partial charge on any atom is -0.369 e. The third-order valence-electron chi connectivity index (χ3n) is 3.87. The summed E-state index contributed by atoms with van der Waals surface area (Å²) in [6.07, 6.45) is 0.848. The lowest BCUT2D eigenvalue weighted by Crippen LogP contribution is -2.32. The van der Waals surface area contributed by atoms with Gasteiger partial charge in [0.15, 0.2) is 0 Å². The van der Waals surface area contributed by atoms with Crippen LogP contribution < -0.4 is 5.32 Å². The predicted molar refractivity (Wildman–Crippen MR) is 81.5 cm³/mol. The first-order valence-corrected chi connectivity index (χ1v) is 7.68. The van der Waals surface area contributed by atoms with E-state index in [9.17, 15) is 4.39 Å². The van der Waals surface area contributed by atoms with Gasteiger partial charge in [-0.15, -0.1) is 0 Å². The van der Waals surface area contributed by atoms with Crippen LogP contribution in [0.3, 0.4) is 0 Å². The van der Waals surface area contributed by atoms with E-state index >= 15 is 0 Å². The third-order valence-corrected chi connectivity index (χ3v) is 4.70. The number of halogens is 2. The Kier molecular flexibility index (Phi) is 3.54. The fourth-order valence-electron chi connectivity index (χ4n) is 2.81. The van der Waals surface area contributed by atoms with Gasteiger partial charge in [0.25, 0.3) is 0 Å². The van der Waals surface area contributed by atoms with Crippen molar-refractivity contribution in [1.29, 1.82) is 0 Å². The van der Waals surface area contributed by atoms with Gasteiger partial charge in [-0.05, 0) is 28.4 Å². The molecule has 3 rings (SSSR count). The van der Waals surface area contributed by atoms with Gasteiger partial charge < -0.3 is 5.32 Å². The molecule has 1 aromatic carbocycles. The Morgan fingerprint density at radius 1 is 1.45 bits per heavy atom. The highest BCUT2D eigenvalue weighted by Crippen LogP contribution is 2.39. The first-order chi connectivity index (χ1) is 9.63. The van der Waals surface area contributed by atoms with Crippen LogP contribution in [0.1, 0.15) is 31.1 Å². The van der Waals surface area contributed by atoms with Crippen molar-refractivity contribution >= 4 is 21.7 Å². The molecule has 0 amide bonds. The molecule has 0 fully saturated rings. The van der Waals surface area contributed by atoms with Crippen LogP contribution in [-0.2, 0) is 6.42 Å². The smallest absolute Gasteiger partial charge is 0.139 e. The Morgan fingerprint density at radius 2 is 2.20 bits per heavy atom. The number of hydrogen-bond donors (Lipinski definition) is 1. The molecule has 1 N–H and O–H groups in total. The molecule has 1 aliphatic heterocycles. The van der Waals surface area contributed by atoms with Crippen LogP contribution in [0, 0.1) is 11.7 Å². The zero-order valence-corrected chi connectivity index (χ0v) is 13.1. The van der Waals surface area contributed by atoms with Gasteiger partial charge in [0, 0.05) is 18.0 Å². The van der Waals surface area contributed by atoms with E-state index in [0.29, 0.717) is 5.56 Å². The van der Waals surface area contributed by atoms with Crippen molar-refractivity contribution in [2.24, 2.45) is 5.92 Å². The highest BCUT2D eigenvalue weighted by molar-refractivity contribution is 9.10. The average Bonchev–Trinajstić information content (AvgIpc) is 2.77. The van der Waals surface area contributed by atoms with Crippen LogP contribution in [0.2, 0.25) is 0 Å². The lowest BCUT2D eigenvalue weighted by Gasteiger charge is -2.32. The van der Waals surface area contributed by atoms with E-state index in [1.807, 2.05) is 16.8 Å². The lowest BCUT2D eigenvalue weighted by molar-refractivity contribution is 0.359. The molecular weight excluding hydrogens is 321 g/mol. The van der Waals surface area contributed by atoms with Gasteiger partial charge >= 0.3 is 0 Å². The summed E-state index contributed by atoms with van der Waals surface area (Å²) in [5.41, 5.74) is 1.71. The van der Waals surface area contributed by atoms with Gasteiger partial charge in [0.2, 0.25) is 0 Å². The van der Waals surface area contributed by atoms with Crippen molar-refractivity contribution in [2.75, 3.05) is 11.9 Å². The zero-order chi connectivity index (χ0) is 14.3. The zero-order valence-electron chi connectivity index (χ0n) is 11.5. The molecule has 2 aromatic rings. The number of rotatable bonds is 2. The van der Waals surface area contributed by atoms with Crippen molar-refractivity contribution in [1.82, 2.24) is 9.78 Å². The number of aromatic nitrogens is 2. The summed E-state index contributed by atoms with van der Waals surface area (Å²) in [5.74, 6) is 1.06. The van der Waals surface area contributed by atoms with Crippen LogP contribution in [0.4, 0.5) is 10.2 Å². The fraction of sp³-hybridized carbons (Fsp3) is 0.400. The molecule has 5 heteroatoms. The van der Waals surface area contributed by atoms with E-state index in [4.69, 9.17) is 0 Å². The summed E-state index contributed by atoms with van der Waals surface area (Å²) < 4.78 is 17.1.